The fourth-order valence-corrected chi connectivity index (χ4v) is 0.735. The van der Waals surface area contributed by atoms with Gasteiger partial charge in [-0.1, -0.05) is 0 Å². The maximum atomic E-state index is 10.7. The van der Waals surface area contributed by atoms with Gasteiger partial charge in [0.05, 0.1) is 0 Å². The van der Waals surface area contributed by atoms with E-state index in [9.17, 15) is 9.59 Å². The molecule has 11 heavy (non-hydrogen) atoms. The molecule has 3 N–H and O–H groups in total. The van der Waals surface area contributed by atoms with Crippen LogP contribution in [-0.4, -0.2) is 46.4 Å². The van der Waals surface area contributed by atoms with Crippen molar-refractivity contribution in [2.45, 2.75) is 12.3 Å². The molecule has 0 aliphatic carbocycles. The molecule has 1 aliphatic heterocycles. The van der Waals surface area contributed by atoms with Gasteiger partial charge in [0.25, 0.3) is 5.91 Å². The lowest BCUT2D eigenvalue weighted by molar-refractivity contribution is -0.145. The zero-order valence-corrected chi connectivity index (χ0v) is 5.81. The molecule has 0 aromatic carbocycles. The van der Waals surface area contributed by atoms with Crippen molar-refractivity contribution in [3.8, 4) is 0 Å². The van der Waals surface area contributed by atoms with Gasteiger partial charge >= 0.3 is 6.03 Å². The topological polar surface area (TPSA) is 89.9 Å². The number of imide groups is 1. The second-order valence-electron chi connectivity index (χ2n) is 2.26. The minimum atomic E-state index is -1.56. The van der Waals surface area contributed by atoms with Crippen molar-refractivity contribution >= 4 is 11.9 Å². The maximum Gasteiger partial charge on any atom is 0.326 e. The molecule has 0 saturated carbocycles. The van der Waals surface area contributed by atoms with E-state index in [1.54, 1.807) is 0 Å². The molecule has 1 heterocycles. The van der Waals surface area contributed by atoms with Crippen LogP contribution in [0.2, 0.25) is 0 Å². The van der Waals surface area contributed by atoms with Crippen LogP contribution in [0.3, 0.4) is 0 Å². The van der Waals surface area contributed by atoms with Gasteiger partial charge in [-0.15, -0.1) is 0 Å². The van der Waals surface area contributed by atoms with E-state index in [0.29, 0.717) is 0 Å². The second-order valence-corrected chi connectivity index (χ2v) is 2.26. The van der Waals surface area contributed by atoms with Gasteiger partial charge < -0.3 is 10.2 Å². The smallest absolute Gasteiger partial charge is 0.326 e. The first-order valence-electron chi connectivity index (χ1n) is 2.98. The predicted molar refractivity (Wildman–Crippen MR) is 33.3 cm³/mol. The van der Waals surface area contributed by atoms with Crippen molar-refractivity contribution in [1.82, 2.24) is 10.2 Å². The van der Waals surface area contributed by atoms with Gasteiger partial charge in [0, 0.05) is 7.05 Å². The van der Waals surface area contributed by atoms with Crippen LogP contribution in [0.15, 0.2) is 0 Å². The van der Waals surface area contributed by atoms with E-state index in [-0.39, 0.29) is 0 Å². The first-order valence-corrected chi connectivity index (χ1v) is 2.98. The third kappa shape index (κ3) is 1.17. The number of rotatable bonds is 0. The molecular weight excluding hydrogens is 152 g/mol. The molecule has 0 bridgehead atoms. The molecule has 6 heteroatoms. The quantitative estimate of drug-likeness (QED) is 0.377. The third-order valence-corrected chi connectivity index (χ3v) is 1.50. The number of urea groups is 1. The highest BCUT2D eigenvalue weighted by Gasteiger charge is 2.36. The van der Waals surface area contributed by atoms with Gasteiger partial charge in [0.15, 0.2) is 12.3 Å². The summed E-state index contributed by atoms with van der Waals surface area (Å²) in [6.07, 6.45) is -3.01. The van der Waals surface area contributed by atoms with Crippen LogP contribution in [0.25, 0.3) is 0 Å². The number of carbonyl (C=O) groups excluding carboxylic acids is 2. The molecule has 0 aromatic heterocycles. The SMILES string of the molecule is CN1C(=O)NC(=O)[C@@H](O)[C@H]1O. The van der Waals surface area contributed by atoms with Gasteiger partial charge in [0.1, 0.15) is 0 Å². The highest BCUT2D eigenvalue weighted by molar-refractivity contribution is 5.99. The van der Waals surface area contributed by atoms with E-state index in [1.807, 2.05) is 5.32 Å². The summed E-state index contributed by atoms with van der Waals surface area (Å²) in [6.45, 7) is 0. The molecule has 1 saturated heterocycles. The average molecular weight is 160 g/mol. The van der Waals surface area contributed by atoms with Crippen LogP contribution in [-0.2, 0) is 4.79 Å². The number of nitrogens with zero attached hydrogens (tertiary/aromatic N) is 1. The Morgan fingerprint density at radius 2 is 2.00 bits per heavy atom. The molecule has 6 nitrogen and oxygen atoms in total. The monoisotopic (exact) mass is 160 g/mol. The fourth-order valence-electron chi connectivity index (χ4n) is 0.735. The van der Waals surface area contributed by atoms with Crippen LogP contribution < -0.4 is 5.32 Å². The highest BCUT2D eigenvalue weighted by Crippen LogP contribution is 2.05. The minimum Gasteiger partial charge on any atom is -0.379 e. The van der Waals surface area contributed by atoms with Crippen LogP contribution in [0.4, 0.5) is 4.79 Å². The summed E-state index contributed by atoms with van der Waals surface area (Å²) in [5.74, 6) is -0.874. The average Bonchev–Trinajstić information content (AvgIpc) is 1.97. The van der Waals surface area contributed by atoms with E-state index in [0.717, 1.165) is 4.90 Å². The van der Waals surface area contributed by atoms with E-state index < -0.39 is 24.3 Å². The Hall–Kier alpha value is -1.14. The lowest BCUT2D eigenvalue weighted by atomic mass is 10.2. The van der Waals surface area contributed by atoms with Gasteiger partial charge in [-0.05, 0) is 0 Å². The van der Waals surface area contributed by atoms with Crippen LogP contribution in [0.5, 0.6) is 0 Å². The Labute approximate surface area is 62.4 Å². The summed E-state index contributed by atoms with van der Waals surface area (Å²) >= 11 is 0. The van der Waals surface area contributed by atoms with Crippen LogP contribution >= 0.6 is 0 Å². The van der Waals surface area contributed by atoms with Crippen molar-refractivity contribution in [2.24, 2.45) is 0 Å². The minimum absolute atomic E-state index is 0.715. The fraction of sp³-hybridized carbons (Fsp3) is 0.600. The number of amides is 3. The second kappa shape index (κ2) is 2.48. The molecule has 1 aliphatic rings. The normalized spacial score (nSPS) is 32.1. The van der Waals surface area contributed by atoms with Crippen molar-refractivity contribution in [2.75, 3.05) is 7.05 Å². The summed E-state index contributed by atoms with van der Waals surface area (Å²) in [5, 5.41) is 19.7. The number of hydrogen-bond donors (Lipinski definition) is 3. The summed E-state index contributed by atoms with van der Waals surface area (Å²) in [7, 11) is 1.27. The Bertz CT molecular complexity index is 185. The Morgan fingerprint density at radius 1 is 1.45 bits per heavy atom. The highest BCUT2D eigenvalue weighted by atomic mass is 16.4. The molecule has 0 aromatic rings. The zero-order chi connectivity index (χ0) is 8.59. The zero-order valence-electron chi connectivity index (χ0n) is 5.81. The van der Waals surface area contributed by atoms with Crippen LogP contribution in [0, 0.1) is 0 Å². The first-order chi connectivity index (χ1) is 5.04. The maximum absolute atomic E-state index is 10.7. The van der Waals surface area contributed by atoms with E-state index >= 15 is 0 Å². The number of likely N-dealkylation sites (N-methyl/N-ethyl adjacent to an activating group) is 1. The Balaban J connectivity index is 2.78. The number of nitrogens with one attached hydrogen (secondary N) is 1. The molecule has 1 rings (SSSR count). The standard InChI is InChI=1S/C5H8N2O4/c1-7-4(10)2(8)3(9)6-5(7)11/h2,4,8,10H,1H3,(H,6,9,11)/t2-,4-/m1/s1. The largest absolute Gasteiger partial charge is 0.379 e. The molecule has 0 radical (unpaired) electrons. The van der Waals surface area contributed by atoms with Gasteiger partial charge in [0.2, 0.25) is 0 Å². The van der Waals surface area contributed by atoms with Crippen molar-refractivity contribution in [3.05, 3.63) is 0 Å². The lowest BCUT2D eigenvalue weighted by Crippen LogP contribution is -2.61. The molecule has 62 valence electrons. The summed E-state index contributed by atoms with van der Waals surface area (Å²) < 4.78 is 0. The number of aliphatic hydroxyl groups excluding tert-OH is 2. The summed E-state index contributed by atoms with van der Waals surface area (Å²) in [4.78, 5) is 22.1. The van der Waals surface area contributed by atoms with Crippen molar-refractivity contribution < 1.29 is 19.8 Å². The molecule has 0 unspecified atom stereocenters. The van der Waals surface area contributed by atoms with E-state index in [2.05, 4.69) is 0 Å². The number of carbonyl (C=O) groups is 2. The molecule has 3 amide bonds. The van der Waals surface area contributed by atoms with E-state index in [1.165, 1.54) is 7.05 Å². The summed E-state index contributed by atoms with van der Waals surface area (Å²) in [5.41, 5.74) is 0. The first kappa shape index (κ1) is 7.96. The molecule has 0 spiro atoms. The molecule has 2 atom stereocenters. The predicted octanol–water partition coefficient (Wildman–Crippen LogP) is -2.15. The Kier molecular flexibility index (Phi) is 1.79. The van der Waals surface area contributed by atoms with E-state index in [4.69, 9.17) is 10.2 Å². The van der Waals surface area contributed by atoms with Crippen molar-refractivity contribution in [1.29, 1.82) is 0 Å². The summed E-state index contributed by atoms with van der Waals surface area (Å²) in [6, 6.07) is -0.715. The lowest BCUT2D eigenvalue weighted by Gasteiger charge is -2.31. The number of hydrogen-bond acceptors (Lipinski definition) is 4. The Morgan fingerprint density at radius 3 is 2.55 bits per heavy atom. The van der Waals surface area contributed by atoms with Gasteiger partial charge in [-0.2, -0.15) is 0 Å². The third-order valence-electron chi connectivity index (χ3n) is 1.50. The molecular formula is C5H8N2O4. The van der Waals surface area contributed by atoms with Gasteiger partial charge in [-0.25, -0.2) is 4.79 Å². The van der Waals surface area contributed by atoms with Crippen molar-refractivity contribution in [3.63, 3.8) is 0 Å². The van der Waals surface area contributed by atoms with Gasteiger partial charge in [-0.3, -0.25) is 15.0 Å². The molecule has 1 fully saturated rings. The number of aliphatic hydroxyl groups is 2. The van der Waals surface area contributed by atoms with Crippen LogP contribution in [0.1, 0.15) is 0 Å².